The van der Waals surface area contributed by atoms with Gasteiger partial charge in [-0.25, -0.2) is 0 Å². The molecule has 0 aliphatic carbocycles. The molecule has 2 aromatic carbocycles. The first-order valence-corrected chi connectivity index (χ1v) is 10.1. The molecule has 156 valence electrons. The summed E-state index contributed by atoms with van der Waals surface area (Å²) in [4.78, 5) is 27.1. The summed E-state index contributed by atoms with van der Waals surface area (Å²) in [6.45, 7) is 2.45. The molecule has 2 aliphatic rings. The van der Waals surface area contributed by atoms with E-state index in [4.69, 9.17) is 21.1 Å². The van der Waals surface area contributed by atoms with Crippen LogP contribution in [0.4, 0.5) is 0 Å². The number of Topliss-reactive ketones (excluding diaryl/α,β-unsaturated/α-hetero) is 1. The Morgan fingerprint density at radius 3 is 2.80 bits per heavy atom. The fraction of sp³-hybridized carbons (Fsp3) is 0.304. The number of aliphatic hydroxyl groups is 1. The van der Waals surface area contributed by atoms with Crippen molar-refractivity contribution in [3.8, 4) is 5.75 Å². The average molecular weight is 428 g/mol. The summed E-state index contributed by atoms with van der Waals surface area (Å²) in [6, 6.07) is 11.5. The number of rotatable bonds is 5. The van der Waals surface area contributed by atoms with E-state index in [0.717, 1.165) is 17.7 Å². The standard InChI is InChI=1S/C23H22ClNO5/c1-13-10-16-11-15(6-7-18(16)30-13)21(26)19-20(14-4-3-5-17(24)12-14)25(8-9-29-2)23(28)22(19)27/h3-7,11-13,20,26H,8-10H2,1-2H3/b21-19+. The van der Waals surface area contributed by atoms with E-state index in [0.29, 0.717) is 16.1 Å². The lowest BCUT2D eigenvalue weighted by molar-refractivity contribution is -0.140. The van der Waals surface area contributed by atoms with Crippen LogP contribution in [0.15, 0.2) is 48.0 Å². The molecule has 0 spiro atoms. The van der Waals surface area contributed by atoms with Gasteiger partial charge in [-0.3, -0.25) is 9.59 Å². The molecule has 0 saturated carbocycles. The summed E-state index contributed by atoms with van der Waals surface area (Å²) in [5.41, 5.74) is 2.13. The number of aliphatic hydroxyl groups excluding tert-OH is 1. The van der Waals surface area contributed by atoms with E-state index < -0.39 is 17.7 Å². The highest BCUT2D eigenvalue weighted by Crippen LogP contribution is 2.40. The average Bonchev–Trinajstić information content (AvgIpc) is 3.22. The molecule has 1 amide bonds. The van der Waals surface area contributed by atoms with Crippen LogP contribution < -0.4 is 4.74 Å². The number of ketones is 1. The van der Waals surface area contributed by atoms with Crippen LogP contribution in [0.2, 0.25) is 5.02 Å². The molecular weight excluding hydrogens is 406 g/mol. The SMILES string of the molecule is COCCN1C(=O)C(=O)/C(=C(/O)c2ccc3c(c2)CC(C)O3)C1c1cccc(Cl)c1. The number of benzene rings is 2. The highest BCUT2D eigenvalue weighted by atomic mass is 35.5. The summed E-state index contributed by atoms with van der Waals surface area (Å²) in [5, 5.41) is 11.6. The Bertz CT molecular complexity index is 1050. The van der Waals surface area contributed by atoms with Crippen molar-refractivity contribution in [2.45, 2.75) is 25.5 Å². The second kappa shape index (κ2) is 8.13. The van der Waals surface area contributed by atoms with Gasteiger partial charge in [0.1, 0.15) is 17.6 Å². The van der Waals surface area contributed by atoms with Crippen molar-refractivity contribution in [1.29, 1.82) is 0 Å². The Kier molecular flexibility index (Phi) is 5.54. The number of carbonyl (C=O) groups excluding carboxylic acids is 2. The maximum atomic E-state index is 12.9. The van der Waals surface area contributed by atoms with Crippen LogP contribution in [0, 0.1) is 0 Å². The molecule has 0 aromatic heterocycles. The number of methoxy groups -OCH3 is 1. The fourth-order valence-corrected chi connectivity index (χ4v) is 4.25. The summed E-state index contributed by atoms with van der Waals surface area (Å²) in [6.07, 6.45) is 0.777. The number of fused-ring (bicyclic) bond motifs is 1. The molecule has 6 nitrogen and oxygen atoms in total. The summed E-state index contributed by atoms with van der Waals surface area (Å²) in [7, 11) is 1.53. The zero-order chi connectivity index (χ0) is 21.4. The Morgan fingerprint density at radius 1 is 1.27 bits per heavy atom. The van der Waals surface area contributed by atoms with Crippen molar-refractivity contribution in [3.05, 3.63) is 69.8 Å². The number of ether oxygens (including phenoxy) is 2. The molecule has 0 bridgehead atoms. The van der Waals surface area contributed by atoms with E-state index in [-0.39, 0.29) is 30.6 Å². The molecule has 30 heavy (non-hydrogen) atoms. The second-order valence-corrected chi connectivity index (χ2v) is 7.93. The lowest BCUT2D eigenvalue weighted by Gasteiger charge is -2.25. The van der Waals surface area contributed by atoms with Gasteiger partial charge in [-0.2, -0.15) is 0 Å². The van der Waals surface area contributed by atoms with Gasteiger partial charge in [0.15, 0.2) is 0 Å². The monoisotopic (exact) mass is 427 g/mol. The highest BCUT2D eigenvalue weighted by molar-refractivity contribution is 6.46. The predicted octanol–water partition coefficient (Wildman–Crippen LogP) is 3.73. The minimum Gasteiger partial charge on any atom is -0.507 e. The van der Waals surface area contributed by atoms with Gasteiger partial charge in [-0.05, 0) is 48.4 Å². The third kappa shape index (κ3) is 3.57. The van der Waals surface area contributed by atoms with E-state index >= 15 is 0 Å². The summed E-state index contributed by atoms with van der Waals surface area (Å²) in [5.74, 6) is -0.832. The first-order chi connectivity index (χ1) is 14.4. The minimum absolute atomic E-state index is 0.0466. The zero-order valence-corrected chi connectivity index (χ0v) is 17.5. The summed E-state index contributed by atoms with van der Waals surface area (Å²) < 4.78 is 10.8. The van der Waals surface area contributed by atoms with E-state index in [1.54, 1.807) is 36.4 Å². The number of likely N-dealkylation sites (tertiary alicyclic amines) is 1. The second-order valence-electron chi connectivity index (χ2n) is 7.50. The van der Waals surface area contributed by atoms with Crippen LogP contribution in [0.5, 0.6) is 5.75 Å². The van der Waals surface area contributed by atoms with Crippen molar-refractivity contribution in [1.82, 2.24) is 4.90 Å². The van der Waals surface area contributed by atoms with Gasteiger partial charge in [0.05, 0.1) is 18.2 Å². The van der Waals surface area contributed by atoms with Gasteiger partial charge in [0.2, 0.25) is 0 Å². The molecule has 1 fully saturated rings. The third-order valence-electron chi connectivity index (χ3n) is 5.41. The van der Waals surface area contributed by atoms with Gasteiger partial charge in [-0.1, -0.05) is 23.7 Å². The van der Waals surface area contributed by atoms with Crippen molar-refractivity contribution in [2.75, 3.05) is 20.3 Å². The first-order valence-electron chi connectivity index (χ1n) is 9.73. The molecule has 2 aliphatic heterocycles. The third-order valence-corrected chi connectivity index (χ3v) is 5.65. The topological polar surface area (TPSA) is 76.1 Å². The van der Waals surface area contributed by atoms with E-state index in [2.05, 4.69) is 0 Å². The molecule has 2 heterocycles. The fourth-order valence-electron chi connectivity index (χ4n) is 4.05. The molecule has 4 rings (SSSR count). The maximum Gasteiger partial charge on any atom is 0.295 e. The molecule has 2 unspecified atom stereocenters. The van der Waals surface area contributed by atoms with E-state index in [1.165, 1.54) is 12.0 Å². The number of halogens is 1. The minimum atomic E-state index is -0.748. The van der Waals surface area contributed by atoms with E-state index in [1.807, 2.05) is 13.0 Å². The van der Waals surface area contributed by atoms with Crippen LogP contribution in [0.1, 0.15) is 29.7 Å². The molecular formula is C23H22ClNO5. The molecule has 1 saturated heterocycles. The Hall–Kier alpha value is -2.83. The van der Waals surface area contributed by atoms with Crippen LogP contribution in [0.3, 0.4) is 0 Å². The van der Waals surface area contributed by atoms with Gasteiger partial charge < -0.3 is 19.5 Å². The molecule has 7 heteroatoms. The van der Waals surface area contributed by atoms with E-state index in [9.17, 15) is 14.7 Å². The Labute approximate surface area is 179 Å². The smallest absolute Gasteiger partial charge is 0.295 e. The zero-order valence-electron chi connectivity index (χ0n) is 16.7. The molecule has 1 N–H and O–H groups in total. The van der Waals surface area contributed by atoms with Crippen LogP contribution in [-0.2, 0) is 20.7 Å². The van der Waals surface area contributed by atoms with Crippen LogP contribution >= 0.6 is 11.6 Å². The summed E-state index contributed by atoms with van der Waals surface area (Å²) >= 11 is 6.16. The number of nitrogens with zero attached hydrogens (tertiary/aromatic N) is 1. The van der Waals surface area contributed by atoms with Gasteiger partial charge in [0.25, 0.3) is 11.7 Å². The van der Waals surface area contributed by atoms with Crippen LogP contribution in [-0.4, -0.2) is 48.1 Å². The van der Waals surface area contributed by atoms with Crippen molar-refractivity contribution in [2.24, 2.45) is 0 Å². The van der Waals surface area contributed by atoms with Gasteiger partial charge in [0, 0.05) is 30.7 Å². The molecule has 0 radical (unpaired) electrons. The van der Waals surface area contributed by atoms with Gasteiger partial charge in [-0.15, -0.1) is 0 Å². The number of hydrogen-bond donors (Lipinski definition) is 1. The van der Waals surface area contributed by atoms with Crippen molar-refractivity contribution < 1.29 is 24.2 Å². The predicted molar refractivity (Wildman–Crippen MR) is 113 cm³/mol. The van der Waals surface area contributed by atoms with Crippen molar-refractivity contribution in [3.63, 3.8) is 0 Å². The highest BCUT2D eigenvalue weighted by Gasteiger charge is 2.46. The normalized spacial score (nSPS) is 22.3. The lowest BCUT2D eigenvalue weighted by Crippen LogP contribution is -2.32. The quantitative estimate of drug-likeness (QED) is 0.447. The maximum absolute atomic E-state index is 12.9. The number of amides is 1. The number of carbonyl (C=O) groups is 2. The molecule has 2 atom stereocenters. The number of hydrogen-bond acceptors (Lipinski definition) is 5. The molecule has 2 aromatic rings. The Morgan fingerprint density at radius 2 is 2.07 bits per heavy atom. The first kappa shape index (κ1) is 20.4. The lowest BCUT2D eigenvalue weighted by atomic mass is 9.94. The van der Waals surface area contributed by atoms with Crippen LogP contribution in [0.25, 0.3) is 5.76 Å². The Balaban J connectivity index is 1.83. The van der Waals surface area contributed by atoms with Gasteiger partial charge >= 0.3 is 0 Å². The van der Waals surface area contributed by atoms with Crippen molar-refractivity contribution >= 4 is 29.1 Å². The largest absolute Gasteiger partial charge is 0.507 e.